The first-order valence-electron chi connectivity index (χ1n) is 18.1. The van der Waals surface area contributed by atoms with Crippen molar-refractivity contribution in [2.75, 3.05) is 79.2 Å². The Labute approximate surface area is 314 Å². The maximum atomic E-state index is 13.8. The fourth-order valence-corrected chi connectivity index (χ4v) is 7.20. The SMILES string of the molecule is COCCC(=O)N1CCCCN(C(=O)c2ccc3[nH]ccc3c2)CC(=O)NCC2CCCN(C2)c2nc3cc(OC)c(OC)c(OC)c3cc2C1.O=CO. The molecule has 54 heavy (non-hydrogen) atoms. The largest absolute Gasteiger partial charge is 0.493 e. The lowest BCUT2D eigenvalue weighted by Gasteiger charge is -2.36. The number of nitrogens with one attached hydrogen (secondary N) is 2. The average Bonchev–Trinajstić information content (AvgIpc) is 3.66. The van der Waals surface area contributed by atoms with Crippen LogP contribution in [0.5, 0.6) is 17.2 Å². The number of carboxylic acid groups (broad SMARTS) is 1. The molecule has 0 aliphatic carbocycles. The van der Waals surface area contributed by atoms with Gasteiger partial charge in [-0.1, -0.05) is 0 Å². The fraction of sp³-hybridized carbons (Fsp3) is 0.462. The number of methoxy groups -OCH3 is 4. The highest BCUT2D eigenvalue weighted by Crippen LogP contribution is 2.44. The van der Waals surface area contributed by atoms with Gasteiger partial charge in [-0.25, -0.2) is 4.98 Å². The van der Waals surface area contributed by atoms with Crippen molar-refractivity contribution in [2.24, 2.45) is 5.92 Å². The number of carbonyl (C=O) groups is 4. The molecule has 15 heteroatoms. The van der Waals surface area contributed by atoms with Crippen LogP contribution in [0.15, 0.2) is 42.6 Å². The summed E-state index contributed by atoms with van der Waals surface area (Å²) >= 11 is 0. The van der Waals surface area contributed by atoms with E-state index < -0.39 is 0 Å². The van der Waals surface area contributed by atoms with Gasteiger partial charge in [0.15, 0.2) is 11.5 Å². The van der Waals surface area contributed by atoms with Gasteiger partial charge >= 0.3 is 0 Å². The van der Waals surface area contributed by atoms with Gasteiger partial charge in [-0.05, 0) is 61.9 Å². The van der Waals surface area contributed by atoms with Crippen LogP contribution in [0.2, 0.25) is 0 Å². The molecule has 2 aromatic carbocycles. The Bertz CT molecular complexity index is 1930. The first kappa shape index (κ1) is 39.6. The van der Waals surface area contributed by atoms with E-state index in [2.05, 4.69) is 15.2 Å². The number of H-pyrrole nitrogens is 1. The number of piperidine rings is 1. The monoisotopic (exact) mass is 746 g/mol. The first-order valence-corrected chi connectivity index (χ1v) is 18.1. The second-order valence-corrected chi connectivity index (χ2v) is 13.3. The van der Waals surface area contributed by atoms with E-state index in [1.54, 1.807) is 39.4 Å². The van der Waals surface area contributed by atoms with Gasteiger partial charge in [0.1, 0.15) is 5.82 Å². The highest BCUT2D eigenvalue weighted by atomic mass is 16.5. The number of aromatic nitrogens is 2. The number of rotatable bonds is 7. The molecule has 2 bridgehead atoms. The fourth-order valence-electron chi connectivity index (χ4n) is 7.20. The number of anilines is 1. The smallest absolute Gasteiger partial charge is 0.290 e. The summed E-state index contributed by atoms with van der Waals surface area (Å²) in [5, 5.41) is 11.7. The number of aromatic amines is 1. The Morgan fingerprint density at radius 3 is 2.43 bits per heavy atom. The molecule has 3 N–H and O–H groups in total. The Morgan fingerprint density at radius 2 is 1.70 bits per heavy atom. The summed E-state index contributed by atoms with van der Waals surface area (Å²) in [5.41, 5.74) is 3.04. The molecule has 2 aliphatic heterocycles. The van der Waals surface area contributed by atoms with Crippen molar-refractivity contribution in [3.63, 3.8) is 0 Å². The lowest BCUT2D eigenvalue weighted by atomic mass is 9.97. The molecule has 4 aromatic rings. The highest BCUT2D eigenvalue weighted by Gasteiger charge is 2.28. The third-order valence-corrected chi connectivity index (χ3v) is 9.85. The molecular weight excluding hydrogens is 696 g/mol. The number of pyridine rings is 1. The summed E-state index contributed by atoms with van der Waals surface area (Å²) in [6.45, 7) is 3.11. The molecule has 1 saturated heterocycles. The topological polar surface area (TPSA) is 176 Å². The summed E-state index contributed by atoms with van der Waals surface area (Å²) in [6, 6.07) is 11.4. The first-order chi connectivity index (χ1) is 26.2. The molecular formula is C39H50N6O9. The van der Waals surface area contributed by atoms with Crippen molar-refractivity contribution < 1.29 is 43.2 Å². The molecule has 0 saturated carbocycles. The quantitative estimate of drug-likeness (QED) is 0.233. The molecule has 0 radical (unpaired) electrons. The zero-order chi connectivity index (χ0) is 38.6. The molecule has 2 aromatic heterocycles. The summed E-state index contributed by atoms with van der Waals surface area (Å²) in [4.78, 5) is 63.3. The van der Waals surface area contributed by atoms with E-state index in [1.165, 1.54) is 0 Å². The Morgan fingerprint density at radius 1 is 0.944 bits per heavy atom. The molecule has 1 unspecified atom stereocenters. The molecule has 1 atom stereocenters. The number of amides is 3. The molecule has 0 spiro atoms. The number of benzene rings is 2. The van der Waals surface area contributed by atoms with Crippen LogP contribution in [0.4, 0.5) is 5.82 Å². The van der Waals surface area contributed by atoms with Gasteiger partial charge in [0, 0.05) is 86.1 Å². The average molecular weight is 747 g/mol. The molecule has 3 amide bonds. The van der Waals surface area contributed by atoms with Crippen LogP contribution in [-0.2, 0) is 25.7 Å². The zero-order valence-electron chi connectivity index (χ0n) is 31.4. The highest BCUT2D eigenvalue weighted by molar-refractivity contribution is 5.99. The molecule has 4 heterocycles. The summed E-state index contributed by atoms with van der Waals surface area (Å²) < 4.78 is 22.4. The third-order valence-electron chi connectivity index (χ3n) is 9.85. The van der Waals surface area contributed by atoms with Gasteiger partial charge in [-0.3, -0.25) is 19.2 Å². The minimum atomic E-state index is -0.250. The van der Waals surface area contributed by atoms with Crippen molar-refractivity contribution in [2.45, 2.75) is 38.6 Å². The van der Waals surface area contributed by atoms with E-state index in [1.807, 2.05) is 41.4 Å². The number of carbonyl (C=O) groups excluding carboxylic acids is 3. The maximum absolute atomic E-state index is 13.8. The van der Waals surface area contributed by atoms with Crippen LogP contribution in [0.3, 0.4) is 0 Å². The minimum absolute atomic E-state index is 0.0353. The van der Waals surface area contributed by atoms with E-state index in [4.69, 9.17) is 33.8 Å². The minimum Gasteiger partial charge on any atom is -0.493 e. The second-order valence-electron chi connectivity index (χ2n) is 13.3. The standard InChI is InChI=1S/C38H48N6O7.CH2O2/c1-48-17-12-34(46)42-14-5-6-15-44(38(47)27-9-10-30-26(18-27)11-13-39-30)24-33(45)40-21-25-8-7-16-43(22-25)37-28(23-42)19-29-31(41-37)20-32(49-2)36(51-4)35(29)50-3;2-1-3/h9-11,13,18-20,25,39H,5-8,12,14-17,21-24H2,1-4H3,(H,40,45);1H,(H,2,3). The third kappa shape index (κ3) is 9.31. The van der Waals surface area contributed by atoms with E-state index in [-0.39, 0.29) is 43.1 Å². The predicted molar refractivity (Wildman–Crippen MR) is 203 cm³/mol. The Balaban J connectivity index is 0.00000181. The normalized spacial score (nSPS) is 16.9. The van der Waals surface area contributed by atoms with Crippen LogP contribution in [0.25, 0.3) is 21.8 Å². The molecule has 290 valence electrons. The molecule has 1 fully saturated rings. The summed E-state index contributed by atoms with van der Waals surface area (Å²) in [6.07, 6.45) is 5.16. The second kappa shape index (κ2) is 19.0. The van der Waals surface area contributed by atoms with Gasteiger partial charge in [0.25, 0.3) is 12.4 Å². The van der Waals surface area contributed by atoms with Gasteiger partial charge in [0.05, 0.1) is 46.4 Å². The number of nitrogens with zero attached hydrogens (tertiary/aromatic N) is 4. The van der Waals surface area contributed by atoms with E-state index >= 15 is 0 Å². The molecule has 15 nitrogen and oxygen atoms in total. The zero-order valence-corrected chi connectivity index (χ0v) is 31.4. The number of ether oxygens (including phenoxy) is 4. The lowest BCUT2D eigenvalue weighted by molar-refractivity contribution is -0.133. The Kier molecular flexibility index (Phi) is 13.9. The van der Waals surface area contributed by atoms with Gasteiger partial charge in [-0.15, -0.1) is 0 Å². The van der Waals surface area contributed by atoms with Gasteiger partial charge in [-0.2, -0.15) is 0 Å². The van der Waals surface area contributed by atoms with E-state index in [9.17, 15) is 14.4 Å². The predicted octanol–water partition coefficient (Wildman–Crippen LogP) is 4.08. The van der Waals surface area contributed by atoms with Crippen LogP contribution < -0.4 is 24.4 Å². The van der Waals surface area contributed by atoms with Crippen molar-refractivity contribution >= 4 is 51.8 Å². The summed E-state index contributed by atoms with van der Waals surface area (Å²) in [5.74, 6) is 2.02. The maximum Gasteiger partial charge on any atom is 0.290 e. The van der Waals surface area contributed by atoms with Crippen molar-refractivity contribution in [1.82, 2.24) is 25.1 Å². The van der Waals surface area contributed by atoms with Crippen molar-refractivity contribution in [1.29, 1.82) is 0 Å². The van der Waals surface area contributed by atoms with Gasteiger partial charge in [0.2, 0.25) is 17.6 Å². The van der Waals surface area contributed by atoms with E-state index in [0.29, 0.717) is 80.5 Å². The van der Waals surface area contributed by atoms with Crippen LogP contribution in [0, 0.1) is 5.92 Å². The molecule has 2 aliphatic rings. The number of hydrogen-bond donors (Lipinski definition) is 3. The number of fused-ring (bicyclic) bond motifs is 6. The van der Waals surface area contributed by atoms with E-state index in [0.717, 1.165) is 47.1 Å². The van der Waals surface area contributed by atoms with Crippen LogP contribution in [-0.4, -0.2) is 123 Å². The lowest BCUT2D eigenvalue weighted by Crippen LogP contribution is -2.45. The Hall–Kier alpha value is -5.57. The van der Waals surface area contributed by atoms with Gasteiger partial charge < -0.3 is 49.1 Å². The van der Waals surface area contributed by atoms with Crippen LogP contribution in [0.1, 0.15) is 48.0 Å². The number of hydrogen-bond acceptors (Lipinski definition) is 10. The van der Waals surface area contributed by atoms with Crippen molar-refractivity contribution in [3.05, 3.63) is 53.7 Å². The van der Waals surface area contributed by atoms with Crippen LogP contribution >= 0.6 is 0 Å². The van der Waals surface area contributed by atoms with Crippen molar-refractivity contribution in [3.8, 4) is 17.2 Å². The molecule has 6 rings (SSSR count). The summed E-state index contributed by atoms with van der Waals surface area (Å²) in [7, 11) is 6.33.